The first-order valence-electron chi connectivity index (χ1n) is 12.5. The summed E-state index contributed by atoms with van der Waals surface area (Å²) in [5.41, 5.74) is 3.68. The molecule has 0 radical (unpaired) electrons. The number of hydrogen-bond acceptors (Lipinski definition) is 6. The highest BCUT2D eigenvalue weighted by Gasteiger charge is 2.22. The number of methoxy groups -OCH3 is 3. The van der Waals surface area contributed by atoms with E-state index in [9.17, 15) is 9.59 Å². The number of hydrogen-bond donors (Lipinski definition) is 1. The van der Waals surface area contributed by atoms with Crippen LogP contribution in [0.4, 0.5) is 5.95 Å². The van der Waals surface area contributed by atoms with Gasteiger partial charge in [-0.25, -0.2) is 4.98 Å². The van der Waals surface area contributed by atoms with Crippen molar-refractivity contribution in [2.24, 2.45) is 0 Å². The molecule has 0 aliphatic rings. The zero-order valence-corrected chi connectivity index (χ0v) is 22.5. The van der Waals surface area contributed by atoms with Gasteiger partial charge in [-0.2, -0.15) is 0 Å². The van der Waals surface area contributed by atoms with Gasteiger partial charge in [-0.05, 0) is 67.1 Å². The Morgan fingerprint density at radius 3 is 2.15 bits per heavy atom. The first-order chi connectivity index (χ1) is 18.9. The number of imidazole rings is 1. The molecule has 4 aromatic rings. The molecule has 0 atom stereocenters. The van der Waals surface area contributed by atoms with Crippen LogP contribution in [0.5, 0.6) is 11.5 Å². The van der Waals surface area contributed by atoms with Crippen molar-refractivity contribution in [2.45, 2.75) is 6.92 Å². The second-order valence-corrected chi connectivity index (χ2v) is 8.83. The second-order valence-electron chi connectivity index (χ2n) is 8.83. The molecule has 39 heavy (non-hydrogen) atoms. The van der Waals surface area contributed by atoms with Gasteiger partial charge in [0.05, 0.1) is 26.5 Å². The lowest BCUT2D eigenvalue weighted by atomic mass is 10.1. The molecule has 3 aromatic carbocycles. The normalized spacial score (nSPS) is 10.7. The summed E-state index contributed by atoms with van der Waals surface area (Å²) in [5.74, 6) is 1.15. The van der Waals surface area contributed by atoms with Crippen molar-refractivity contribution in [3.05, 3.63) is 90.1 Å². The van der Waals surface area contributed by atoms with Gasteiger partial charge in [0.2, 0.25) is 11.9 Å². The summed E-state index contributed by atoms with van der Waals surface area (Å²) in [4.78, 5) is 32.8. The van der Waals surface area contributed by atoms with Gasteiger partial charge < -0.3 is 19.1 Å². The number of ether oxygens (including phenoxy) is 3. The Balaban J connectivity index is 1.62. The van der Waals surface area contributed by atoms with Crippen LogP contribution in [0.2, 0.25) is 0 Å². The van der Waals surface area contributed by atoms with Gasteiger partial charge in [0.25, 0.3) is 5.91 Å². The van der Waals surface area contributed by atoms with E-state index in [1.54, 1.807) is 38.0 Å². The first-order valence-corrected chi connectivity index (χ1v) is 12.5. The first kappa shape index (κ1) is 27.4. The van der Waals surface area contributed by atoms with Crippen LogP contribution in [0.25, 0.3) is 16.9 Å². The van der Waals surface area contributed by atoms with Gasteiger partial charge in [-0.3, -0.25) is 19.5 Å². The highest BCUT2D eigenvalue weighted by atomic mass is 16.5. The third-order valence-corrected chi connectivity index (χ3v) is 6.26. The average Bonchev–Trinajstić information content (AvgIpc) is 3.38. The van der Waals surface area contributed by atoms with Crippen molar-refractivity contribution in [2.75, 3.05) is 46.3 Å². The number of aryl methyl sites for hydroxylation is 1. The standard InChI is InChI=1S/C30H32N4O5/c1-21-7-5-6-8-26(21)29(36)33(17-18-37-2)20-28(35)32-30-31-27(22-9-13-24(38-3)14-10-22)19-34(30)23-11-15-25(39-4)16-12-23/h5-16,19H,17-18,20H2,1-4H3,(H,31,32,35). The van der Waals surface area contributed by atoms with E-state index in [0.717, 1.165) is 22.6 Å². The highest BCUT2D eigenvalue weighted by molar-refractivity contribution is 6.00. The van der Waals surface area contributed by atoms with E-state index in [2.05, 4.69) is 5.32 Å². The predicted molar refractivity (Wildman–Crippen MR) is 150 cm³/mol. The molecule has 1 heterocycles. The molecule has 0 saturated carbocycles. The van der Waals surface area contributed by atoms with E-state index in [0.29, 0.717) is 29.6 Å². The van der Waals surface area contributed by atoms with Crippen LogP contribution in [0.3, 0.4) is 0 Å². The molecule has 0 aliphatic carbocycles. The second kappa shape index (κ2) is 12.7. The molecule has 0 saturated heterocycles. The molecule has 4 rings (SSSR count). The van der Waals surface area contributed by atoms with Gasteiger partial charge in [0, 0.05) is 36.7 Å². The average molecular weight is 529 g/mol. The van der Waals surface area contributed by atoms with Crippen molar-refractivity contribution in [1.29, 1.82) is 0 Å². The number of carbonyl (C=O) groups excluding carboxylic acids is 2. The SMILES string of the molecule is COCCN(CC(=O)Nc1nc(-c2ccc(OC)cc2)cn1-c1ccc(OC)cc1)C(=O)c1ccccc1C. The maximum atomic E-state index is 13.3. The largest absolute Gasteiger partial charge is 0.497 e. The summed E-state index contributed by atoms with van der Waals surface area (Å²) in [7, 11) is 4.77. The van der Waals surface area contributed by atoms with E-state index < -0.39 is 0 Å². The van der Waals surface area contributed by atoms with Crippen LogP contribution in [0.15, 0.2) is 79.0 Å². The summed E-state index contributed by atoms with van der Waals surface area (Å²) in [6, 6.07) is 22.2. The van der Waals surface area contributed by atoms with Crippen LogP contribution in [-0.4, -0.2) is 67.3 Å². The molecule has 0 fully saturated rings. The Morgan fingerprint density at radius 1 is 0.897 bits per heavy atom. The van der Waals surface area contributed by atoms with Gasteiger partial charge in [0.15, 0.2) is 0 Å². The molecular weight excluding hydrogens is 496 g/mol. The molecule has 9 nitrogen and oxygen atoms in total. The predicted octanol–water partition coefficient (Wildman–Crippen LogP) is 4.59. The van der Waals surface area contributed by atoms with Crippen LogP contribution in [0, 0.1) is 6.92 Å². The van der Waals surface area contributed by atoms with Crippen molar-refractivity contribution in [3.8, 4) is 28.4 Å². The van der Waals surface area contributed by atoms with Crippen LogP contribution < -0.4 is 14.8 Å². The van der Waals surface area contributed by atoms with Crippen LogP contribution in [-0.2, 0) is 9.53 Å². The summed E-state index contributed by atoms with van der Waals surface area (Å²) in [6.45, 7) is 2.27. The summed E-state index contributed by atoms with van der Waals surface area (Å²) in [6.07, 6.45) is 1.85. The van der Waals surface area contributed by atoms with Crippen LogP contribution in [0.1, 0.15) is 15.9 Å². The summed E-state index contributed by atoms with van der Waals surface area (Å²) >= 11 is 0. The Bertz CT molecular complexity index is 1410. The number of aromatic nitrogens is 2. The molecule has 1 aromatic heterocycles. The maximum absolute atomic E-state index is 13.3. The molecule has 0 aliphatic heterocycles. The Labute approximate surface area is 227 Å². The fraction of sp³-hybridized carbons (Fsp3) is 0.233. The highest BCUT2D eigenvalue weighted by Crippen LogP contribution is 2.27. The number of anilines is 1. The number of rotatable bonds is 11. The van der Waals surface area contributed by atoms with Crippen molar-refractivity contribution in [1.82, 2.24) is 14.5 Å². The fourth-order valence-electron chi connectivity index (χ4n) is 4.08. The van der Waals surface area contributed by atoms with E-state index in [1.165, 1.54) is 4.90 Å². The molecule has 0 bridgehead atoms. The maximum Gasteiger partial charge on any atom is 0.254 e. The smallest absolute Gasteiger partial charge is 0.254 e. The molecule has 0 spiro atoms. The van der Waals surface area contributed by atoms with Gasteiger partial charge >= 0.3 is 0 Å². The van der Waals surface area contributed by atoms with Crippen molar-refractivity contribution in [3.63, 3.8) is 0 Å². The third kappa shape index (κ3) is 6.63. The Hall–Kier alpha value is -4.63. The number of benzene rings is 3. The lowest BCUT2D eigenvalue weighted by molar-refractivity contribution is -0.117. The van der Waals surface area contributed by atoms with Gasteiger partial charge in [0.1, 0.15) is 18.0 Å². The third-order valence-electron chi connectivity index (χ3n) is 6.26. The zero-order valence-electron chi connectivity index (χ0n) is 22.5. The molecule has 0 unspecified atom stereocenters. The molecular formula is C30H32N4O5. The topological polar surface area (TPSA) is 94.9 Å². The molecule has 1 N–H and O–H groups in total. The molecule has 9 heteroatoms. The van der Waals surface area contributed by atoms with E-state index in [4.69, 9.17) is 19.2 Å². The monoisotopic (exact) mass is 528 g/mol. The lowest BCUT2D eigenvalue weighted by Gasteiger charge is -2.22. The van der Waals surface area contributed by atoms with Gasteiger partial charge in [-0.1, -0.05) is 18.2 Å². The minimum atomic E-state index is -0.380. The molecule has 2 amide bonds. The lowest BCUT2D eigenvalue weighted by Crippen LogP contribution is -2.40. The summed E-state index contributed by atoms with van der Waals surface area (Å²) < 4.78 is 17.5. The number of amides is 2. The number of carbonyl (C=O) groups is 2. The zero-order chi connectivity index (χ0) is 27.8. The quantitative estimate of drug-likeness (QED) is 0.306. The Kier molecular flexibility index (Phi) is 8.96. The van der Waals surface area contributed by atoms with Gasteiger partial charge in [-0.15, -0.1) is 0 Å². The van der Waals surface area contributed by atoms with E-state index in [-0.39, 0.29) is 24.9 Å². The number of nitrogens with zero attached hydrogens (tertiary/aromatic N) is 3. The van der Waals surface area contributed by atoms with Crippen LogP contribution >= 0.6 is 0 Å². The fourth-order valence-corrected chi connectivity index (χ4v) is 4.08. The van der Waals surface area contributed by atoms with Crippen molar-refractivity contribution < 1.29 is 23.8 Å². The van der Waals surface area contributed by atoms with Crippen molar-refractivity contribution >= 4 is 17.8 Å². The minimum Gasteiger partial charge on any atom is -0.497 e. The molecule has 202 valence electrons. The van der Waals surface area contributed by atoms with E-state index >= 15 is 0 Å². The minimum absolute atomic E-state index is 0.163. The number of nitrogens with one attached hydrogen (secondary N) is 1. The Morgan fingerprint density at radius 2 is 1.54 bits per heavy atom. The summed E-state index contributed by atoms with van der Waals surface area (Å²) in [5, 5.41) is 2.90. The van der Waals surface area contributed by atoms with E-state index in [1.807, 2.05) is 73.8 Å².